The maximum atomic E-state index is 12.1. The molecule has 0 atom stereocenters. The minimum atomic E-state index is -3.85. The molecule has 0 spiro atoms. The number of ether oxygens (including phenoxy) is 1. The fraction of sp³-hybridized carbons (Fsp3) is 0.0588. The third kappa shape index (κ3) is 3.48. The maximum absolute atomic E-state index is 12.1. The molecule has 6 nitrogen and oxygen atoms in total. The SMILES string of the molecule is COC(=O)c1cc(-c2cccc(S(N)(=O)=O)c2)nc2ccc(Cl)cc12. The van der Waals surface area contributed by atoms with E-state index >= 15 is 0 Å². The molecule has 3 aromatic rings. The number of pyridine rings is 1. The van der Waals surface area contributed by atoms with E-state index in [4.69, 9.17) is 21.5 Å². The number of carbonyl (C=O) groups excluding carboxylic acids is 1. The second-order valence-corrected chi connectivity index (χ2v) is 7.28. The van der Waals surface area contributed by atoms with Crippen LogP contribution < -0.4 is 5.14 Å². The van der Waals surface area contributed by atoms with Crippen LogP contribution in [0.4, 0.5) is 0 Å². The average Bonchev–Trinajstić information content (AvgIpc) is 2.59. The van der Waals surface area contributed by atoms with E-state index in [1.165, 1.54) is 25.3 Å². The predicted molar refractivity (Wildman–Crippen MR) is 94.9 cm³/mol. The van der Waals surface area contributed by atoms with Crippen LogP contribution in [0.15, 0.2) is 53.4 Å². The molecule has 3 rings (SSSR count). The summed E-state index contributed by atoms with van der Waals surface area (Å²) in [5, 5.41) is 6.18. The van der Waals surface area contributed by atoms with Crippen LogP contribution in [-0.4, -0.2) is 26.5 Å². The van der Waals surface area contributed by atoms with Crippen molar-refractivity contribution in [2.75, 3.05) is 7.11 Å². The van der Waals surface area contributed by atoms with Crippen molar-refractivity contribution < 1.29 is 17.9 Å². The summed E-state index contributed by atoms with van der Waals surface area (Å²) in [5.41, 5.74) is 1.74. The first-order chi connectivity index (χ1) is 11.8. The van der Waals surface area contributed by atoms with Gasteiger partial charge in [0.15, 0.2) is 0 Å². The highest BCUT2D eigenvalue weighted by Gasteiger charge is 2.16. The molecule has 8 heteroatoms. The first kappa shape index (κ1) is 17.3. The van der Waals surface area contributed by atoms with Crippen molar-refractivity contribution >= 4 is 38.5 Å². The zero-order chi connectivity index (χ0) is 18.2. The zero-order valence-corrected chi connectivity index (χ0v) is 14.6. The van der Waals surface area contributed by atoms with E-state index in [-0.39, 0.29) is 10.5 Å². The van der Waals surface area contributed by atoms with Gasteiger partial charge in [0, 0.05) is 16.0 Å². The molecule has 25 heavy (non-hydrogen) atoms. The number of benzene rings is 2. The predicted octanol–water partition coefficient (Wildman–Crippen LogP) is 2.99. The van der Waals surface area contributed by atoms with Crippen molar-refractivity contribution in [3.63, 3.8) is 0 Å². The van der Waals surface area contributed by atoms with Gasteiger partial charge in [0.2, 0.25) is 10.0 Å². The summed E-state index contributed by atoms with van der Waals surface area (Å²) in [4.78, 5) is 16.6. The number of halogens is 1. The lowest BCUT2D eigenvalue weighted by Crippen LogP contribution is -2.12. The number of hydrogen-bond acceptors (Lipinski definition) is 5. The summed E-state index contributed by atoms with van der Waals surface area (Å²) in [6, 6.07) is 12.5. The van der Waals surface area contributed by atoms with Gasteiger partial charge in [-0.15, -0.1) is 0 Å². The minimum Gasteiger partial charge on any atom is -0.465 e. The van der Waals surface area contributed by atoms with Gasteiger partial charge in [-0.1, -0.05) is 23.7 Å². The van der Waals surface area contributed by atoms with Crippen LogP contribution in [0.25, 0.3) is 22.2 Å². The number of nitrogens with zero attached hydrogens (tertiary/aromatic N) is 1. The Morgan fingerprint density at radius 1 is 1.16 bits per heavy atom. The summed E-state index contributed by atoms with van der Waals surface area (Å²) in [6.45, 7) is 0. The van der Waals surface area contributed by atoms with Gasteiger partial charge in [0.25, 0.3) is 0 Å². The summed E-state index contributed by atoms with van der Waals surface area (Å²) < 4.78 is 27.9. The highest BCUT2D eigenvalue weighted by atomic mass is 35.5. The molecule has 2 N–H and O–H groups in total. The Labute approximate surface area is 149 Å². The van der Waals surface area contributed by atoms with Crippen LogP contribution in [0.3, 0.4) is 0 Å². The minimum absolute atomic E-state index is 0.0392. The Balaban J connectivity index is 2.28. The van der Waals surface area contributed by atoms with E-state index in [1.807, 2.05) is 0 Å². The molecule has 1 aromatic heterocycles. The third-order valence-corrected chi connectivity index (χ3v) is 4.78. The number of esters is 1. The Morgan fingerprint density at radius 2 is 1.92 bits per heavy atom. The Morgan fingerprint density at radius 3 is 2.60 bits per heavy atom. The lowest BCUT2D eigenvalue weighted by molar-refractivity contribution is 0.0603. The monoisotopic (exact) mass is 376 g/mol. The number of primary sulfonamides is 1. The molecule has 0 aliphatic heterocycles. The molecule has 0 unspecified atom stereocenters. The average molecular weight is 377 g/mol. The zero-order valence-electron chi connectivity index (χ0n) is 13.1. The summed E-state index contributed by atoms with van der Waals surface area (Å²) in [5.74, 6) is -0.543. The number of carbonyl (C=O) groups is 1. The van der Waals surface area contributed by atoms with E-state index in [2.05, 4.69) is 4.98 Å². The topological polar surface area (TPSA) is 99.4 Å². The second kappa shape index (κ2) is 6.44. The van der Waals surface area contributed by atoms with Crippen molar-refractivity contribution in [1.82, 2.24) is 4.98 Å². The smallest absolute Gasteiger partial charge is 0.338 e. The number of sulfonamides is 1. The van der Waals surface area contributed by atoms with Gasteiger partial charge < -0.3 is 4.74 Å². The largest absolute Gasteiger partial charge is 0.465 e. The molecule has 0 aliphatic carbocycles. The van der Waals surface area contributed by atoms with E-state index in [0.717, 1.165) is 0 Å². The molecule has 2 aromatic carbocycles. The number of fused-ring (bicyclic) bond motifs is 1. The van der Waals surface area contributed by atoms with Crippen LogP contribution in [0.1, 0.15) is 10.4 Å². The molecular weight excluding hydrogens is 364 g/mol. The van der Waals surface area contributed by atoms with E-state index < -0.39 is 16.0 Å². The highest BCUT2D eigenvalue weighted by molar-refractivity contribution is 7.89. The van der Waals surface area contributed by atoms with Crippen molar-refractivity contribution in [2.45, 2.75) is 4.90 Å². The van der Waals surface area contributed by atoms with Gasteiger partial charge in [-0.3, -0.25) is 0 Å². The third-order valence-electron chi connectivity index (χ3n) is 3.63. The van der Waals surface area contributed by atoms with Gasteiger partial charge >= 0.3 is 5.97 Å². The highest BCUT2D eigenvalue weighted by Crippen LogP contribution is 2.28. The molecule has 0 radical (unpaired) electrons. The first-order valence-corrected chi connectivity index (χ1v) is 9.04. The van der Waals surface area contributed by atoms with Crippen LogP contribution in [0.5, 0.6) is 0 Å². The summed E-state index contributed by atoms with van der Waals surface area (Å²) in [7, 11) is -2.57. The summed E-state index contributed by atoms with van der Waals surface area (Å²) >= 11 is 6.01. The van der Waals surface area contributed by atoms with Gasteiger partial charge in [-0.2, -0.15) is 0 Å². The molecule has 0 fully saturated rings. The van der Waals surface area contributed by atoms with Crippen molar-refractivity contribution in [3.8, 4) is 11.3 Å². The number of rotatable bonds is 3. The molecule has 128 valence electrons. The number of nitrogens with two attached hydrogens (primary N) is 1. The van der Waals surface area contributed by atoms with Crippen LogP contribution in [0.2, 0.25) is 5.02 Å². The van der Waals surface area contributed by atoms with Crippen LogP contribution in [-0.2, 0) is 14.8 Å². The maximum Gasteiger partial charge on any atom is 0.338 e. The lowest BCUT2D eigenvalue weighted by atomic mass is 10.0. The quantitative estimate of drug-likeness (QED) is 0.708. The fourth-order valence-electron chi connectivity index (χ4n) is 2.46. The Bertz CT molecular complexity index is 1100. The Hall–Kier alpha value is -2.48. The Kier molecular flexibility index (Phi) is 4.47. The molecule has 0 saturated heterocycles. The fourth-order valence-corrected chi connectivity index (χ4v) is 3.19. The standard InChI is InChI=1S/C17H13ClN2O4S/c1-24-17(21)14-9-16(20-15-6-5-11(18)8-13(14)15)10-3-2-4-12(7-10)25(19,22)23/h2-9H,1H3,(H2,19,22,23). The van der Waals surface area contributed by atoms with Gasteiger partial charge in [-0.05, 0) is 36.4 Å². The normalized spacial score (nSPS) is 11.5. The second-order valence-electron chi connectivity index (χ2n) is 5.28. The lowest BCUT2D eigenvalue weighted by Gasteiger charge is -2.09. The molecular formula is C17H13ClN2O4S. The molecule has 0 amide bonds. The number of hydrogen-bond donors (Lipinski definition) is 1. The van der Waals surface area contributed by atoms with Gasteiger partial charge in [-0.25, -0.2) is 23.3 Å². The number of aromatic nitrogens is 1. The number of methoxy groups -OCH3 is 1. The molecule has 0 saturated carbocycles. The molecule has 0 aliphatic rings. The van der Waals surface area contributed by atoms with Crippen LogP contribution in [0, 0.1) is 0 Å². The molecule has 1 heterocycles. The first-order valence-electron chi connectivity index (χ1n) is 7.11. The van der Waals surface area contributed by atoms with Gasteiger partial charge in [0.05, 0.1) is 28.8 Å². The molecule has 0 bridgehead atoms. The van der Waals surface area contributed by atoms with Crippen LogP contribution >= 0.6 is 11.6 Å². The van der Waals surface area contributed by atoms with Crippen molar-refractivity contribution in [1.29, 1.82) is 0 Å². The van der Waals surface area contributed by atoms with Gasteiger partial charge in [0.1, 0.15) is 0 Å². The summed E-state index contributed by atoms with van der Waals surface area (Å²) in [6.07, 6.45) is 0. The van der Waals surface area contributed by atoms with Crippen molar-refractivity contribution in [2.24, 2.45) is 5.14 Å². The van der Waals surface area contributed by atoms with E-state index in [1.54, 1.807) is 30.3 Å². The van der Waals surface area contributed by atoms with E-state index in [0.29, 0.717) is 27.2 Å². The van der Waals surface area contributed by atoms with E-state index in [9.17, 15) is 13.2 Å². The van der Waals surface area contributed by atoms with Crippen molar-refractivity contribution in [3.05, 3.63) is 59.1 Å².